The molecule has 35 heavy (non-hydrogen) atoms. The Balaban J connectivity index is 0.000000917. The molecule has 0 radical (unpaired) electrons. The molecule has 1 N–H and O–H groups in total. The Labute approximate surface area is 206 Å². The van der Waals surface area contributed by atoms with Crippen molar-refractivity contribution in [3.8, 4) is 0 Å². The number of pyridine rings is 1. The molecule has 0 spiro atoms. The summed E-state index contributed by atoms with van der Waals surface area (Å²) in [7, 11) is 0.103. The lowest BCUT2D eigenvalue weighted by Gasteiger charge is -2.19. The van der Waals surface area contributed by atoms with Crippen molar-refractivity contribution in [3.63, 3.8) is 0 Å². The number of carbonyl (C=O) groups is 1. The van der Waals surface area contributed by atoms with Gasteiger partial charge in [0, 0.05) is 44.3 Å². The van der Waals surface area contributed by atoms with Crippen molar-refractivity contribution in [2.24, 2.45) is 0 Å². The molecule has 10 heteroatoms. The van der Waals surface area contributed by atoms with Crippen LogP contribution in [0.4, 0.5) is 5.69 Å². The molecule has 5 rings (SSSR count). The Morgan fingerprint density at radius 3 is 2.69 bits per heavy atom. The number of likely N-dealkylation sites (N-methyl/N-ethyl adjacent to an activating group) is 1. The van der Waals surface area contributed by atoms with Gasteiger partial charge in [-0.05, 0) is 75.2 Å². The topological polar surface area (TPSA) is 105 Å². The lowest BCUT2D eigenvalue weighted by molar-refractivity contribution is -0.122. The molecular formula is C25H32N4O5S. The van der Waals surface area contributed by atoms with Crippen LogP contribution in [0.25, 0.3) is 11.0 Å². The van der Waals surface area contributed by atoms with Gasteiger partial charge in [0.15, 0.2) is 0 Å². The van der Waals surface area contributed by atoms with Crippen LogP contribution in [-0.2, 0) is 26.0 Å². The maximum absolute atomic E-state index is 13.7. The van der Waals surface area contributed by atoms with Crippen LogP contribution in [0.3, 0.4) is 0 Å². The van der Waals surface area contributed by atoms with E-state index in [0.29, 0.717) is 16.5 Å². The van der Waals surface area contributed by atoms with Crippen molar-refractivity contribution >= 4 is 33.2 Å². The van der Waals surface area contributed by atoms with E-state index >= 15 is 0 Å². The Bertz CT molecular complexity index is 1280. The first-order valence-electron chi connectivity index (χ1n) is 11.8. The van der Waals surface area contributed by atoms with Crippen molar-refractivity contribution in [3.05, 3.63) is 54.4 Å². The molecule has 188 valence electrons. The van der Waals surface area contributed by atoms with Gasteiger partial charge in [0.2, 0.25) is 0 Å². The van der Waals surface area contributed by atoms with E-state index in [0.717, 1.165) is 55.7 Å². The minimum Gasteiger partial charge on any atom is -0.483 e. The molecule has 2 aliphatic rings. The van der Waals surface area contributed by atoms with Crippen LogP contribution in [0.1, 0.15) is 24.8 Å². The van der Waals surface area contributed by atoms with Gasteiger partial charge in [0.1, 0.15) is 0 Å². The van der Waals surface area contributed by atoms with Crippen LogP contribution < -0.4 is 4.90 Å². The van der Waals surface area contributed by atoms with E-state index in [4.69, 9.17) is 14.6 Å². The summed E-state index contributed by atoms with van der Waals surface area (Å²) in [6.07, 6.45) is 7.76. The molecule has 0 saturated carbocycles. The van der Waals surface area contributed by atoms with Crippen LogP contribution in [0.5, 0.6) is 0 Å². The van der Waals surface area contributed by atoms with Crippen molar-refractivity contribution in [2.75, 3.05) is 38.7 Å². The van der Waals surface area contributed by atoms with Crippen LogP contribution in [-0.4, -0.2) is 79.8 Å². The minimum atomic E-state index is -3.76. The van der Waals surface area contributed by atoms with E-state index in [1.807, 2.05) is 18.2 Å². The van der Waals surface area contributed by atoms with E-state index in [2.05, 4.69) is 21.8 Å². The molecule has 0 unspecified atom stereocenters. The van der Waals surface area contributed by atoms with E-state index in [1.54, 1.807) is 37.7 Å². The average molecular weight is 501 g/mol. The van der Waals surface area contributed by atoms with E-state index in [9.17, 15) is 8.42 Å². The first-order chi connectivity index (χ1) is 16.9. The summed E-state index contributed by atoms with van der Waals surface area (Å²) in [6, 6.07) is 11.3. The smallest absolute Gasteiger partial charge is 0.290 e. The second kappa shape index (κ2) is 10.8. The van der Waals surface area contributed by atoms with Gasteiger partial charge in [-0.2, -0.15) is 0 Å². The third kappa shape index (κ3) is 5.19. The van der Waals surface area contributed by atoms with E-state index in [-0.39, 0.29) is 12.6 Å². The molecule has 0 amide bonds. The summed E-state index contributed by atoms with van der Waals surface area (Å²) < 4.78 is 34.3. The average Bonchev–Trinajstić information content (AvgIpc) is 3.59. The number of carboxylic acid groups (broad SMARTS) is 1. The third-order valence-corrected chi connectivity index (χ3v) is 8.62. The molecule has 2 aliphatic heterocycles. The first kappa shape index (κ1) is 25.2. The normalized spacial score (nSPS) is 20.7. The lowest BCUT2D eigenvalue weighted by atomic mass is 10.1. The SMILES string of the molecule is CO[C@@H]1CCN(c2cccc(S(=O)(=O)n3cc(C[C@@H]4CCCN4C)c4ncccc43)c2)C1.O=CO. The number of aromatic nitrogens is 2. The maximum atomic E-state index is 13.7. The van der Waals surface area contributed by atoms with Crippen molar-refractivity contribution in [1.29, 1.82) is 0 Å². The predicted octanol–water partition coefficient (Wildman–Crippen LogP) is 2.84. The van der Waals surface area contributed by atoms with Gasteiger partial charge in [0.25, 0.3) is 16.5 Å². The standard InChI is InChI=1S/C24H30N4O3S.CH2O2/c1-26-12-5-7-19(26)14-18-16-28(23-9-4-11-25-24(18)23)32(29,30)22-8-3-6-20(15-22)27-13-10-21(17-27)31-2;2-1-3/h3-4,6,8-9,11,15-16,19,21H,5,7,10,12-14,17H2,1-2H3;1H,(H,2,3)/t19-,21+;/m0./s1. The number of rotatable bonds is 6. The fourth-order valence-electron chi connectivity index (χ4n) is 5.04. The van der Waals surface area contributed by atoms with E-state index < -0.39 is 10.0 Å². The highest BCUT2D eigenvalue weighted by Crippen LogP contribution is 2.30. The molecule has 4 heterocycles. The summed E-state index contributed by atoms with van der Waals surface area (Å²) in [6.45, 7) is 2.47. The highest BCUT2D eigenvalue weighted by atomic mass is 32.2. The number of hydrogen-bond donors (Lipinski definition) is 1. The molecule has 0 bridgehead atoms. The number of nitrogens with zero attached hydrogens (tertiary/aromatic N) is 4. The zero-order valence-corrected chi connectivity index (χ0v) is 20.9. The lowest BCUT2D eigenvalue weighted by Crippen LogP contribution is -2.26. The summed E-state index contributed by atoms with van der Waals surface area (Å²) >= 11 is 0. The van der Waals surface area contributed by atoms with Crippen molar-refractivity contribution in [1.82, 2.24) is 13.9 Å². The summed E-state index contributed by atoms with van der Waals surface area (Å²) in [5, 5.41) is 6.89. The van der Waals surface area contributed by atoms with E-state index in [1.165, 1.54) is 10.4 Å². The molecule has 2 saturated heterocycles. The van der Waals surface area contributed by atoms with Gasteiger partial charge in [-0.25, -0.2) is 12.4 Å². The molecule has 1 aromatic carbocycles. The highest BCUT2D eigenvalue weighted by Gasteiger charge is 2.27. The number of benzene rings is 1. The molecular weight excluding hydrogens is 468 g/mol. The minimum absolute atomic E-state index is 0.186. The van der Waals surface area contributed by atoms with Crippen LogP contribution in [0.15, 0.2) is 53.7 Å². The molecule has 2 fully saturated rings. The van der Waals surface area contributed by atoms with Gasteiger partial charge in [-0.1, -0.05) is 6.07 Å². The Morgan fingerprint density at radius 1 is 1.20 bits per heavy atom. The van der Waals surface area contributed by atoms with Gasteiger partial charge in [0.05, 0.1) is 22.0 Å². The van der Waals surface area contributed by atoms with Gasteiger partial charge >= 0.3 is 0 Å². The third-order valence-electron chi connectivity index (χ3n) is 6.95. The second-order valence-corrected chi connectivity index (χ2v) is 10.8. The maximum Gasteiger partial charge on any atom is 0.290 e. The number of methoxy groups -OCH3 is 1. The van der Waals surface area contributed by atoms with Gasteiger partial charge in [-0.3, -0.25) is 9.78 Å². The monoisotopic (exact) mass is 500 g/mol. The summed E-state index contributed by atoms with van der Waals surface area (Å²) in [5.74, 6) is 0. The molecule has 2 atom stereocenters. The first-order valence-corrected chi connectivity index (χ1v) is 13.2. The molecule has 2 aromatic heterocycles. The summed E-state index contributed by atoms with van der Waals surface area (Å²) in [4.78, 5) is 17.7. The summed E-state index contributed by atoms with van der Waals surface area (Å²) in [5.41, 5.74) is 3.30. The quantitative estimate of drug-likeness (QED) is 0.515. The predicted molar refractivity (Wildman–Crippen MR) is 134 cm³/mol. The van der Waals surface area contributed by atoms with Crippen molar-refractivity contribution in [2.45, 2.75) is 42.7 Å². The fraction of sp³-hybridized carbons (Fsp3) is 0.440. The zero-order valence-electron chi connectivity index (χ0n) is 20.1. The van der Waals surface area contributed by atoms with Crippen LogP contribution in [0, 0.1) is 0 Å². The Morgan fingerprint density at radius 2 is 2.00 bits per heavy atom. The van der Waals surface area contributed by atoms with Gasteiger partial charge in [-0.15, -0.1) is 0 Å². The molecule has 0 aliphatic carbocycles. The number of likely N-dealkylation sites (tertiary alicyclic amines) is 1. The zero-order chi connectivity index (χ0) is 25.0. The number of hydrogen-bond acceptors (Lipinski definition) is 7. The highest BCUT2D eigenvalue weighted by molar-refractivity contribution is 7.90. The fourth-order valence-corrected chi connectivity index (χ4v) is 6.46. The number of fused-ring (bicyclic) bond motifs is 1. The van der Waals surface area contributed by atoms with Crippen molar-refractivity contribution < 1.29 is 23.1 Å². The Hall–Kier alpha value is -2.95. The molecule has 9 nitrogen and oxygen atoms in total. The van der Waals surface area contributed by atoms with Crippen LogP contribution >= 0.6 is 0 Å². The number of anilines is 1. The second-order valence-electron chi connectivity index (χ2n) is 9.00. The number of ether oxygens (including phenoxy) is 1. The van der Waals surface area contributed by atoms with Crippen LogP contribution in [0.2, 0.25) is 0 Å². The Kier molecular flexibility index (Phi) is 7.73. The van der Waals surface area contributed by atoms with Gasteiger partial charge < -0.3 is 19.6 Å². The largest absolute Gasteiger partial charge is 0.483 e. The molecule has 3 aromatic rings.